The van der Waals surface area contributed by atoms with Crippen LogP contribution in [0.5, 0.6) is 5.75 Å². The van der Waals surface area contributed by atoms with Crippen LogP contribution < -0.4 is 20.3 Å². The van der Waals surface area contributed by atoms with Gasteiger partial charge in [0.25, 0.3) is 5.91 Å². The fourth-order valence-electron chi connectivity index (χ4n) is 3.14. The first-order chi connectivity index (χ1) is 13.6. The first-order valence-electron chi connectivity index (χ1n) is 9.42. The number of carbonyl (C=O) groups is 2. The Morgan fingerprint density at radius 3 is 2.46 bits per heavy atom. The molecular weight excluding hydrogens is 361 g/mol. The Morgan fingerprint density at radius 2 is 1.82 bits per heavy atom. The molecule has 1 fully saturated rings. The number of nitrogens with zero attached hydrogens (tertiary/aromatic N) is 1. The minimum atomic E-state index is -0.424. The van der Waals surface area contributed by atoms with Crippen LogP contribution in [0.1, 0.15) is 30.1 Å². The van der Waals surface area contributed by atoms with E-state index in [1.165, 1.54) is 6.07 Å². The van der Waals surface area contributed by atoms with E-state index in [9.17, 15) is 14.0 Å². The standard InChI is InChI=1S/C21H24FN3O3/c1-2-28-17-8-5-15(6-9-17)21(27)23-14-20(26)24-16-7-10-19(18(22)13-16)25-11-3-4-12-25/h5-10,13H,2-4,11-12,14H2,1H3,(H,23,27)(H,24,26). The number of rotatable bonds is 7. The molecule has 1 heterocycles. The number of hydrogen-bond acceptors (Lipinski definition) is 4. The fourth-order valence-corrected chi connectivity index (χ4v) is 3.14. The molecule has 0 radical (unpaired) electrons. The van der Waals surface area contributed by atoms with Crippen LogP contribution >= 0.6 is 0 Å². The topological polar surface area (TPSA) is 70.7 Å². The SMILES string of the molecule is CCOc1ccc(C(=O)NCC(=O)Nc2ccc(N3CCCC3)c(F)c2)cc1. The predicted octanol–water partition coefficient (Wildman–Crippen LogP) is 3.19. The molecule has 0 atom stereocenters. The van der Waals surface area contributed by atoms with E-state index in [0.29, 0.717) is 29.3 Å². The molecule has 1 aliphatic rings. The molecule has 6 nitrogen and oxygen atoms in total. The van der Waals surface area contributed by atoms with Gasteiger partial charge in [0.05, 0.1) is 18.8 Å². The zero-order chi connectivity index (χ0) is 19.9. The highest BCUT2D eigenvalue weighted by atomic mass is 19.1. The van der Waals surface area contributed by atoms with Gasteiger partial charge in [-0.15, -0.1) is 0 Å². The van der Waals surface area contributed by atoms with Gasteiger partial charge in [0, 0.05) is 24.3 Å². The maximum Gasteiger partial charge on any atom is 0.251 e. The van der Waals surface area contributed by atoms with Crippen molar-refractivity contribution in [1.82, 2.24) is 5.32 Å². The molecule has 2 N–H and O–H groups in total. The third-order valence-electron chi connectivity index (χ3n) is 4.52. The molecule has 2 amide bonds. The van der Waals surface area contributed by atoms with Crippen molar-refractivity contribution in [3.8, 4) is 5.75 Å². The van der Waals surface area contributed by atoms with Crippen LogP contribution in [0.3, 0.4) is 0 Å². The summed E-state index contributed by atoms with van der Waals surface area (Å²) in [5.74, 6) is -0.476. The maximum absolute atomic E-state index is 14.3. The molecule has 0 aromatic heterocycles. The first kappa shape index (κ1) is 19.7. The quantitative estimate of drug-likeness (QED) is 0.768. The summed E-state index contributed by atoms with van der Waals surface area (Å²) >= 11 is 0. The molecule has 3 rings (SSSR count). The second-order valence-corrected chi connectivity index (χ2v) is 6.55. The highest BCUT2D eigenvalue weighted by molar-refractivity contribution is 5.99. The van der Waals surface area contributed by atoms with Crippen LogP contribution in [0.4, 0.5) is 15.8 Å². The van der Waals surface area contributed by atoms with Crippen LogP contribution in [-0.2, 0) is 4.79 Å². The summed E-state index contributed by atoms with van der Waals surface area (Å²) in [6.07, 6.45) is 2.12. The predicted molar refractivity (Wildman–Crippen MR) is 106 cm³/mol. The van der Waals surface area contributed by atoms with Gasteiger partial charge in [0.15, 0.2) is 0 Å². The van der Waals surface area contributed by atoms with Crippen molar-refractivity contribution in [2.45, 2.75) is 19.8 Å². The monoisotopic (exact) mass is 385 g/mol. The van der Waals surface area contributed by atoms with Crippen LogP contribution in [0.25, 0.3) is 0 Å². The maximum atomic E-state index is 14.3. The Morgan fingerprint density at radius 1 is 1.11 bits per heavy atom. The number of amides is 2. The van der Waals surface area contributed by atoms with Crippen LogP contribution in [0.2, 0.25) is 0 Å². The molecule has 148 valence electrons. The molecule has 0 aliphatic carbocycles. The molecule has 0 spiro atoms. The lowest BCUT2D eigenvalue weighted by Gasteiger charge is -2.18. The van der Waals surface area contributed by atoms with Crippen molar-refractivity contribution in [3.05, 3.63) is 53.8 Å². The number of carbonyl (C=O) groups excluding carboxylic acids is 2. The number of benzene rings is 2. The highest BCUT2D eigenvalue weighted by Gasteiger charge is 2.16. The van der Waals surface area contributed by atoms with Gasteiger partial charge in [0.1, 0.15) is 11.6 Å². The van der Waals surface area contributed by atoms with E-state index < -0.39 is 5.91 Å². The molecule has 1 aliphatic heterocycles. The lowest BCUT2D eigenvalue weighted by molar-refractivity contribution is -0.115. The minimum Gasteiger partial charge on any atom is -0.494 e. The second-order valence-electron chi connectivity index (χ2n) is 6.55. The van der Waals surface area contributed by atoms with E-state index in [2.05, 4.69) is 10.6 Å². The Kier molecular flexibility index (Phi) is 6.47. The third-order valence-corrected chi connectivity index (χ3v) is 4.52. The molecule has 1 saturated heterocycles. The summed E-state index contributed by atoms with van der Waals surface area (Å²) in [5.41, 5.74) is 1.34. The average Bonchev–Trinajstić information content (AvgIpc) is 3.21. The first-order valence-corrected chi connectivity index (χ1v) is 9.42. The van der Waals surface area contributed by atoms with Crippen molar-refractivity contribution in [1.29, 1.82) is 0 Å². The van der Waals surface area contributed by atoms with Gasteiger partial charge in [-0.2, -0.15) is 0 Å². The summed E-state index contributed by atoms with van der Waals surface area (Å²) in [7, 11) is 0. The van der Waals surface area contributed by atoms with Gasteiger partial charge in [0.2, 0.25) is 5.91 Å². The highest BCUT2D eigenvalue weighted by Crippen LogP contribution is 2.26. The molecule has 0 bridgehead atoms. The Bertz CT molecular complexity index is 833. The van der Waals surface area contributed by atoms with E-state index in [1.54, 1.807) is 36.4 Å². The van der Waals surface area contributed by atoms with Gasteiger partial charge in [-0.3, -0.25) is 9.59 Å². The molecule has 0 unspecified atom stereocenters. The summed E-state index contributed by atoms with van der Waals surface area (Å²) in [4.78, 5) is 26.2. The molecule has 0 saturated carbocycles. The Balaban J connectivity index is 1.51. The fraction of sp³-hybridized carbons (Fsp3) is 0.333. The van der Waals surface area contributed by atoms with Gasteiger partial charge >= 0.3 is 0 Å². The number of halogens is 1. The summed E-state index contributed by atoms with van der Waals surface area (Å²) in [6.45, 7) is 3.92. The zero-order valence-electron chi connectivity index (χ0n) is 15.8. The molecule has 28 heavy (non-hydrogen) atoms. The molecule has 2 aromatic rings. The number of nitrogens with one attached hydrogen (secondary N) is 2. The molecular formula is C21H24FN3O3. The smallest absolute Gasteiger partial charge is 0.251 e. The van der Waals surface area contributed by atoms with Crippen molar-refractivity contribution in [2.24, 2.45) is 0 Å². The molecule has 2 aromatic carbocycles. The minimum absolute atomic E-state index is 0.207. The van der Waals surface area contributed by atoms with Crippen molar-refractivity contribution in [3.63, 3.8) is 0 Å². The van der Waals surface area contributed by atoms with E-state index in [0.717, 1.165) is 25.9 Å². The second kappa shape index (κ2) is 9.21. The zero-order valence-corrected chi connectivity index (χ0v) is 15.8. The number of anilines is 2. The summed E-state index contributed by atoms with van der Waals surface area (Å²) in [5, 5.41) is 5.15. The normalized spacial score (nSPS) is 13.3. The number of hydrogen-bond donors (Lipinski definition) is 2. The Labute approximate surface area is 163 Å². The van der Waals surface area contributed by atoms with Gasteiger partial charge in [-0.25, -0.2) is 4.39 Å². The van der Waals surface area contributed by atoms with E-state index in [1.807, 2.05) is 11.8 Å². The van der Waals surface area contributed by atoms with Crippen LogP contribution in [0.15, 0.2) is 42.5 Å². The van der Waals surface area contributed by atoms with Gasteiger partial charge in [-0.05, 0) is 62.2 Å². The van der Waals surface area contributed by atoms with Crippen molar-refractivity contribution >= 4 is 23.2 Å². The average molecular weight is 385 g/mol. The van der Waals surface area contributed by atoms with Gasteiger partial charge < -0.3 is 20.3 Å². The summed E-state index contributed by atoms with van der Waals surface area (Å²) in [6, 6.07) is 11.3. The van der Waals surface area contributed by atoms with Gasteiger partial charge in [-0.1, -0.05) is 0 Å². The lowest BCUT2D eigenvalue weighted by Crippen LogP contribution is -2.32. The lowest BCUT2D eigenvalue weighted by atomic mass is 10.2. The molecule has 7 heteroatoms. The number of ether oxygens (including phenoxy) is 1. The summed E-state index contributed by atoms with van der Waals surface area (Å²) < 4.78 is 19.6. The Hall–Kier alpha value is -3.09. The largest absolute Gasteiger partial charge is 0.494 e. The van der Waals surface area contributed by atoms with Crippen LogP contribution in [-0.4, -0.2) is 38.1 Å². The van der Waals surface area contributed by atoms with E-state index in [-0.39, 0.29) is 18.3 Å². The van der Waals surface area contributed by atoms with E-state index in [4.69, 9.17) is 4.74 Å². The van der Waals surface area contributed by atoms with Crippen molar-refractivity contribution < 1.29 is 18.7 Å². The third kappa shape index (κ3) is 5.00. The van der Waals surface area contributed by atoms with Crippen molar-refractivity contribution in [2.75, 3.05) is 36.5 Å². The van der Waals surface area contributed by atoms with E-state index >= 15 is 0 Å². The van der Waals surface area contributed by atoms with Crippen LogP contribution in [0, 0.1) is 5.82 Å².